The fourth-order valence-electron chi connectivity index (χ4n) is 2.69. The Balaban J connectivity index is 1.58. The van der Waals surface area contributed by atoms with Gasteiger partial charge < -0.3 is 9.47 Å². The first-order chi connectivity index (χ1) is 14.5. The van der Waals surface area contributed by atoms with Crippen molar-refractivity contribution in [2.24, 2.45) is 5.10 Å². The minimum Gasteiger partial charge on any atom is -0.496 e. The quantitative estimate of drug-likeness (QED) is 0.379. The number of hydrazone groups is 1. The summed E-state index contributed by atoms with van der Waals surface area (Å²) in [7, 11) is 1.53. The lowest BCUT2D eigenvalue weighted by Crippen LogP contribution is -2.18. The lowest BCUT2D eigenvalue weighted by atomic mass is 10.1. The Kier molecular flexibility index (Phi) is 7.33. The van der Waals surface area contributed by atoms with Gasteiger partial charge in [-0.25, -0.2) is 5.43 Å². The van der Waals surface area contributed by atoms with E-state index in [1.807, 2.05) is 25.1 Å². The van der Waals surface area contributed by atoms with Gasteiger partial charge in [0, 0.05) is 15.6 Å². The summed E-state index contributed by atoms with van der Waals surface area (Å²) < 4.78 is 11.0. The molecule has 0 aliphatic carbocycles. The first kappa shape index (κ1) is 21.7. The first-order valence-electron chi connectivity index (χ1n) is 9.11. The van der Waals surface area contributed by atoms with Crippen LogP contribution >= 0.6 is 23.2 Å². The molecule has 0 fully saturated rings. The van der Waals surface area contributed by atoms with Crippen LogP contribution in [0.4, 0.5) is 0 Å². The highest BCUT2D eigenvalue weighted by Gasteiger charge is 2.11. The normalized spacial score (nSPS) is 10.8. The number of carbonyl (C=O) groups excluding carboxylic acids is 1. The van der Waals surface area contributed by atoms with Gasteiger partial charge in [0.15, 0.2) is 0 Å². The fourth-order valence-corrected chi connectivity index (χ4v) is 3.19. The van der Waals surface area contributed by atoms with Crippen molar-refractivity contribution in [1.82, 2.24) is 5.43 Å². The predicted molar refractivity (Wildman–Crippen MR) is 120 cm³/mol. The first-order valence-corrected chi connectivity index (χ1v) is 9.87. The van der Waals surface area contributed by atoms with Crippen LogP contribution in [0, 0.1) is 6.92 Å². The van der Waals surface area contributed by atoms with Crippen molar-refractivity contribution in [1.29, 1.82) is 0 Å². The number of carbonyl (C=O) groups is 1. The van der Waals surface area contributed by atoms with Gasteiger partial charge >= 0.3 is 0 Å². The van der Waals surface area contributed by atoms with Crippen LogP contribution in [-0.2, 0) is 6.61 Å². The second kappa shape index (κ2) is 10.1. The van der Waals surface area contributed by atoms with E-state index in [0.29, 0.717) is 27.1 Å². The molecule has 1 amide bonds. The number of nitrogens with one attached hydrogen (secondary N) is 1. The van der Waals surface area contributed by atoms with E-state index in [9.17, 15) is 4.79 Å². The summed E-state index contributed by atoms with van der Waals surface area (Å²) in [5.41, 5.74) is 5.47. The molecule has 7 heteroatoms. The minimum atomic E-state index is -0.348. The Morgan fingerprint density at radius 3 is 2.43 bits per heavy atom. The Morgan fingerprint density at radius 1 is 1.07 bits per heavy atom. The van der Waals surface area contributed by atoms with Crippen LogP contribution < -0.4 is 14.9 Å². The highest BCUT2D eigenvalue weighted by Crippen LogP contribution is 2.26. The monoisotopic (exact) mass is 442 g/mol. The van der Waals surface area contributed by atoms with Crippen molar-refractivity contribution >= 4 is 35.3 Å². The molecule has 154 valence electrons. The highest BCUT2D eigenvalue weighted by atomic mass is 35.5. The maximum absolute atomic E-state index is 12.3. The van der Waals surface area contributed by atoms with E-state index in [0.717, 1.165) is 16.7 Å². The van der Waals surface area contributed by atoms with Gasteiger partial charge in [0.1, 0.15) is 18.1 Å². The van der Waals surface area contributed by atoms with Crippen molar-refractivity contribution in [3.8, 4) is 11.5 Å². The molecule has 0 saturated heterocycles. The third-order valence-corrected chi connectivity index (χ3v) is 5.01. The fraction of sp³-hybridized carbons (Fsp3) is 0.130. The molecule has 0 atom stereocenters. The summed E-state index contributed by atoms with van der Waals surface area (Å²) in [5.74, 6) is 0.819. The van der Waals surface area contributed by atoms with Crippen molar-refractivity contribution < 1.29 is 14.3 Å². The number of nitrogens with zero attached hydrogens (tertiary/aromatic N) is 1. The van der Waals surface area contributed by atoms with Gasteiger partial charge in [0.05, 0.1) is 18.9 Å². The maximum atomic E-state index is 12.3. The third-order valence-electron chi connectivity index (χ3n) is 4.31. The Hall–Kier alpha value is -3.02. The van der Waals surface area contributed by atoms with Crippen molar-refractivity contribution in [2.45, 2.75) is 13.5 Å². The van der Waals surface area contributed by atoms with Crippen LogP contribution in [0.3, 0.4) is 0 Å². The number of methoxy groups -OCH3 is 1. The van der Waals surface area contributed by atoms with Gasteiger partial charge in [-0.1, -0.05) is 35.3 Å². The summed E-state index contributed by atoms with van der Waals surface area (Å²) in [6.07, 6.45) is 1.55. The molecule has 0 bridgehead atoms. The van der Waals surface area contributed by atoms with Crippen molar-refractivity contribution in [3.63, 3.8) is 0 Å². The molecule has 0 spiro atoms. The minimum absolute atomic E-state index is 0.264. The number of hydrogen-bond acceptors (Lipinski definition) is 4. The van der Waals surface area contributed by atoms with E-state index in [2.05, 4.69) is 10.5 Å². The Morgan fingerprint density at radius 2 is 1.77 bits per heavy atom. The molecule has 0 radical (unpaired) electrons. The molecule has 0 aliphatic rings. The average Bonchev–Trinajstić information content (AvgIpc) is 2.74. The zero-order valence-corrected chi connectivity index (χ0v) is 18.0. The number of ether oxygens (including phenoxy) is 2. The van der Waals surface area contributed by atoms with Gasteiger partial charge in [-0.3, -0.25) is 4.79 Å². The van der Waals surface area contributed by atoms with Gasteiger partial charge in [0.25, 0.3) is 5.91 Å². The molecule has 5 nitrogen and oxygen atoms in total. The summed E-state index contributed by atoms with van der Waals surface area (Å²) in [5, 5.41) is 5.13. The molecule has 0 saturated carbocycles. The number of rotatable bonds is 7. The summed E-state index contributed by atoms with van der Waals surface area (Å²) >= 11 is 12.3. The SMILES string of the molecule is COc1cc(C)ccc1C(=O)N/N=C\c1ccc(OCc2c(Cl)cccc2Cl)cc1. The lowest BCUT2D eigenvalue weighted by molar-refractivity contribution is 0.0952. The van der Waals surface area contributed by atoms with Gasteiger partial charge in [-0.05, 0) is 66.6 Å². The molecular formula is C23H20Cl2N2O3. The van der Waals surface area contributed by atoms with Crippen LogP contribution in [0.15, 0.2) is 65.8 Å². The van der Waals surface area contributed by atoms with E-state index >= 15 is 0 Å². The summed E-state index contributed by atoms with van der Waals surface area (Å²) in [6, 6.07) is 17.9. The standard InChI is InChI=1S/C23H20Cl2N2O3/c1-15-6-11-18(22(12-15)29-2)23(28)27-26-13-16-7-9-17(10-8-16)30-14-19-20(24)4-3-5-21(19)25/h3-13H,14H2,1-2H3,(H,27,28)/b26-13-. The van der Waals surface area contributed by atoms with E-state index in [1.54, 1.807) is 48.7 Å². The molecule has 0 aliphatic heterocycles. The number of hydrogen-bond donors (Lipinski definition) is 1. The molecule has 3 aromatic carbocycles. The topological polar surface area (TPSA) is 59.9 Å². The largest absolute Gasteiger partial charge is 0.496 e. The number of aryl methyl sites for hydroxylation is 1. The zero-order chi connectivity index (χ0) is 21.5. The number of benzene rings is 3. The van der Waals surface area contributed by atoms with Gasteiger partial charge in [0.2, 0.25) is 0 Å². The van der Waals surface area contributed by atoms with Gasteiger partial charge in [-0.15, -0.1) is 0 Å². The van der Waals surface area contributed by atoms with E-state index in [-0.39, 0.29) is 12.5 Å². The van der Waals surface area contributed by atoms with Crippen LogP contribution in [-0.4, -0.2) is 19.2 Å². The van der Waals surface area contributed by atoms with Crippen LogP contribution in [0.2, 0.25) is 10.0 Å². The zero-order valence-electron chi connectivity index (χ0n) is 16.5. The van der Waals surface area contributed by atoms with Crippen molar-refractivity contribution in [2.75, 3.05) is 7.11 Å². The van der Waals surface area contributed by atoms with Crippen molar-refractivity contribution in [3.05, 3.63) is 93.0 Å². The predicted octanol–water partition coefficient (Wildman–Crippen LogP) is 5.65. The molecule has 0 aromatic heterocycles. The summed E-state index contributed by atoms with van der Waals surface area (Å²) in [6.45, 7) is 2.19. The van der Waals surface area contributed by atoms with Gasteiger partial charge in [-0.2, -0.15) is 5.10 Å². The molecule has 3 aromatic rings. The molecule has 30 heavy (non-hydrogen) atoms. The molecule has 0 heterocycles. The van der Waals surface area contributed by atoms with E-state index in [1.165, 1.54) is 7.11 Å². The van der Waals surface area contributed by atoms with Crippen LogP contribution in [0.1, 0.15) is 27.0 Å². The maximum Gasteiger partial charge on any atom is 0.275 e. The third kappa shape index (κ3) is 5.53. The molecule has 3 rings (SSSR count). The van der Waals surface area contributed by atoms with E-state index < -0.39 is 0 Å². The Labute approximate surface area is 185 Å². The molecular weight excluding hydrogens is 423 g/mol. The Bertz CT molecular complexity index is 1050. The van der Waals surface area contributed by atoms with Crippen LogP contribution in [0.25, 0.3) is 0 Å². The number of amides is 1. The average molecular weight is 443 g/mol. The second-order valence-electron chi connectivity index (χ2n) is 6.46. The number of halogens is 2. The molecule has 0 unspecified atom stereocenters. The highest BCUT2D eigenvalue weighted by molar-refractivity contribution is 6.35. The lowest BCUT2D eigenvalue weighted by Gasteiger charge is -2.09. The second-order valence-corrected chi connectivity index (χ2v) is 7.28. The molecule has 1 N–H and O–H groups in total. The van der Waals surface area contributed by atoms with Crippen LogP contribution in [0.5, 0.6) is 11.5 Å². The summed E-state index contributed by atoms with van der Waals surface area (Å²) in [4.78, 5) is 12.3. The smallest absolute Gasteiger partial charge is 0.275 e. The van der Waals surface area contributed by atoms with E-state index in [4.69, 9.17) is 32.7 Å².